The molecule has 3 rings (SSSR count). The molecule has 6 nitrogen and oxygen atoms in total. The molecule has 3 N–H and O–H groups in total. The van der Waals surface area contributed by atoms with Crippen LogP contribution in [0.1, 0.15) is 56.1 Å². The summed E-state index contributed by atoms with van der Waals surface area (Å²) < 4.78 is 0. The van der Waals surface area contributed by atoms with Crippen LogP contribution in [-0.4, -0.2) is 21.2 Å². The Kier molecular flexibility index (Phi) is 4.90. The topological polar surface area (TPSA) is 82.7 Å². The van der Waals surface area contributed by atoms with Gasteiger partial charge in [-0.1, -0.05) is 43.2 Å². The molecular weight excluding hydrogens is 290 g/mol. The van der Waals surface area contributed by atoms with Crippen LogP contribution in [0, 0.1) is 5.92 Å². The molecule has 0 bridgehead atoms. The first-order valence-corrected chi connectivity index (χ1v) is 8.21. The van der Waals surface area contributed by atoms with Crippen LogP contribution in [0.5, 0.6) is 0 Å². The quantitative estimate of drug-likeness (QED) is 0.793. The molecule has 6 heteroatoms. The SMILES string of the molecule is C[C@H](NC(=O)N[C@H](c1ccccc1)C1CCCC1)c1ncn[nH]1. The largest absolute Gasteiger partial charge is 0.331 e. The minimum Gasteiger partial charge on any atom is -0.331 e. The van der Waals surface area contributed by atoms with E-state index in [1.807, 2.05) is 25.1 Å². The first-order chi connectivity index (χ1) is 11.2. The van der Waals surface area contributed by atoms with Crippen LogP contribution in [0.3, 0.4) is 0 Å². The molecule has 1 heterocycles. The van der Waals surface area contributed by atoms with Crippen molar-refractivity contribution in [1.29, 1.82) is 0 Å². The maximum atomic E-state index is 12.4. The number of hydrogen-bond acceptors (Lipinski definition) is 3. The predicted octanol–water partition coefficient (Wildman–Crippen LogP) is 3.10. The average molecular weight is 313 g/mol. The third-order valence-corrected chi connectivity index (χ3v) is 4.51. The number of H-pyrrole nitrogens is 1. The molecule has 1 aliphatic carbocycles. The standard InChI is InChI=1S/C17H23N5O/c1-12(16-18-11-19-22-16)20-17(23)21-15(14-9-5-6-10-14)13-7-3-2-4-8-13/h2-4,7-8,11-12,14-15H,5-6,9-10H2,1H3,(H,18,19,22)(H2,20,21,23)/t12-,15+/m0/s1. The van der Waals surface area contributed by atoms with E-state index < -0.39 is 0 Å². The molecule has 0 radical (unpaired) electrons. The summed E-state index contributed by atoms with van der Waals surface area (Å²) in [7, 11) is 0. The number of nitrogens with one attached hydrogen (secondary N) is 3. The highest BCUT2D eigenvalue weighted by molar-refractivity contribution is 5.74. The molecule has 23 heavy (non-hydrogen) atoms. The molecule has 122 valence electrons. The fourth-order valence-corrected chi connectivity index (χ4v) is 3.30. The average Bonchev–Trinajstić information content (AvgIpc) is 3.26. The highest BCUT2D eigenvalue weighted by Crippen LogP contribution is 2.35. The zero-order valence-corrected chi connectivity index (χ0v) is 13.3. The van der Waals surface area contributed by atoms with Gasteiger partial charge in [0, 0.05) is 0 Å². The zero-order valence-electron chi connectivity index (χ0n) is 13.3. The summed E-state index contributed by atoms with van der Waals surface area (Å²) in [5.74, 6) is 1.15. The van der Waals surface area contributed by atoms with E-state index >= 15 is 0 Å². The Bertz CT molecular complexity index is 607. The van der Waals surface area contributed by atoms with E-state index in [0.29, 0.717) is 11.7 Å². The maximum Gasteiger partial charge on any atom is 0.315 e. The van der Waals surface area contributed by atoms with Crippen molar-refractivity contribution >= 4 is 6.03 Å². The summed E-state index contributed by atoms with van der Waals surface area (Å²) in [6, 6.07) is 9.89. The highest BCUT2D eigenvalue weighted by Gasteiger charge is 2.28. The van der Waals surface area contributed by atoms with E-state index in [1.54, 1.807) is 0 Å². The third-order valence-electron chi connectivity index (χ3n) is 4.51. The Hall–Kier alpha value is -2.37. The van der Waals surface area contributed by atoms with Crippen molar-refractivity contribution in [3.05, 3.63) is 48.0 Å². The van der Waals surface area contributed by atoms with Crippen LogP contribution in [0.25, 0.3) is 0 Å². The normalized spacial score (nSPS) is 17.6. The van der Waals surface area contributed by atoms with Gasteiger partial charge in [0.2, 0.25) is 0 Å². The smallest absolute Gasteiger partial charge is 0.315 e. The molecule has 1 saturated carbocycles. The van der Waals surface area contributed by atoms with E-state index in [-0.39, 0.29) is 18.1 Å². The Morgan fingerprint density at radius 1 is 1.22 bits per heavy atom. The third kappa shape index (κ3) is 3.88. The van der Waals surface area contributed by atoms with Crippen molar-refractivity contribution in [2.45, 2.75) is 44.7 Å². The molecule has 1 aromatic heterocycles. The number of hydrogen-bond donors (Lipinski definition) is 3. The fourth-order valence-electron chi connectivity index (χ4n) is 3.30. The Morgan fingerprint density at radius 3 is 2.61 bits per heavy atom. The molecular formula is C17H23N5O. The lowest BCUT2D eigenvalue weighted by atomic mass is 9.92. The molecule has 2 amide bonds. The molecule has 2 aromatic rings. The summed E-state index contributed by atoms with van der Waals surface area (Å²) in [6.07, 6.45) is 6.25. The molecule has 0 unspecified atom stereocenters. The molecule has 2 atom stereocenters. The van der Waals surface area contributed by atoms with Gasteiger partial charge in [-0.3, -0.25) is 5.10 Å². The van der Waals surface area contributed by atoms with Gasteiger partial charge in [-0.2, -0.15) is 5.10 Å². The van der Waals surface area contributed by atoms with E-state index in [1.165, 1.54) is 24.7 Å². The van der Waals surface area contributed by atoms with Crippen molar-refractivity contribution in [2.24, 2.45) is 5.92 Å². The van der Waals surface area contributed by atoms with Gasteiger partial charge < -0.3 is 10.6 Å². The summed E-state index contributed by atoms with van der Waals surface area (Å²) >= 11 is 0. The van der Waals surface area contributed by atoms with Crippen molar-refractivity contribution < 1.29 is 4.79 Å². The first kappa shape index (κ1) is 15.5. The van der Waals surface area contributed by atoms with E-state index in [0.717, 1.165) is 12.8 Å². The number of aromatic amines is 1. The number of nitrogens with zero attached hydrogens (tertiary/aromatic N) is 2. The van der Waals surface area contributed by atoms with Crippen LogP contribution in [0.4, 0.5) is 4.79 Å². The lowest BCUT2D eigenvalue weighted by molar-refractivity contribution is 0.227. The van der Waals surface area contributed by atoms with E-state index in [9.17, 15) is 4.79 Å². The Morgan fingerprint density at radius 2 is 1.96 bits per heavy atom. The van der Waals surface area contributed by atoms with Gasteiger partial charge in [0.15, 0.2) is 0 Å². The molecule has 1 aliphatic rings. The fraction of sp³-hybridized carbons (Fsp3) is 0.471. The zero-order chi connectivity index (χ0) is 16.1. The van der Waals surface area contributed by atoms with Gasteiger partial charge >= 0.3 is 6.03 Å². The van der Waals surface area contributed by atoms with Gasteiger partial charge in [0.25, 0.3) is 0 Å². The summed E-state index contributed by atoms with van der Waals surface area (Å²) in [5.41, 5.74) is 1.17. The number of amides is 2. The van der Waals surface area contributed by atoms with E-state index in [2.05, 4.69) is 37.9 Å². The summed E-state index contributed by atoms with van der Waals surface area (Å²) in [4.78, 5) is 16.5. The number of carbonyl (C=O) groups excluding carboxylic acids is 1. The first-order valence-electron chi connectivity index (χ1n) is 8.21. The number of carbonyl (C=O) groups is 1. The highest BCUT2D eigenvalue weighted by atomic mass is 16.2. The summed E-state index contributed by atoms with van der Waals surface area (Å²) in [6.45, 7) is 1.88. The van der Waals surface area contributed by atoms with Crippen molar-refractivity contribution in [1.82, 2.24) is 25.8 Å². The number of rotatable bonds is 5. The minimum atomic E-state index is -0.211. The van der Waals surface area contributed by atoms with Gasteiger partial charge in [-0.05, 0) is 31.2 Å². The second-order valence-electron chi connectivity index (χ2n) is 6.14. The van der Waals surface area contributed by atoms with E-state index in [4.69, 9.17) is 0 Å². The maximum absolute atomic E-state index is 12.4. The molecule has 0 aliphatic heterocycles. The van der Waals surface area contributed by atoms with Crippen molar-refractivity contribution in [3.8, 4) is 0 Å². The van der Waals surface area contributed by atoms with Crippen molar-refractivity contribution in [3.63, 3.8) is 0 Å². The van der Waals surface area contributed by atoms with Gasteiger partial charge in [-0.25, -0.2) is 9.78 Å². The molecule has 1 fully saturated rings. The number of urea groups is 1. The number of benzene rings is 1. The molecule has 0 spiro atoms. The van der Waals surface area contributed by atoms with Crippen molar-refractivity contribution in [2.75, 3.05) is 0 Å². The van der Waals surface area contributed by atoms with Gasteiger partial charge in [0.05, 0.1) is 12.1 Å². The Balaban J connectivity index is 1.67. The van der Waals surface area contributed by atoms with Crippen LogP contribution in [0.2, 0.25) is 0 Å². The lowest BCUT2D eigenvalue weighted by Gasteiger charge is -2.26. The predicted molar refractivity (Wildman–Crippen MR) is 87.6 cm³/mol. The second-order valence-corrected chi connectivity index (χ2v) is 6.14. The summed E-state index contributed by atoms with van der Waals surface area (Å²) in [5, 5.41) is 12.7. The minimum absolute atomic E-state index is 0.0561. The van der Waals surface area contributed by atoms with Crippen LogP contribution in [0.15, 0.2) is 36.7 Å². The molecule has 0 saturated heterocycles. The monoisotopic (exact) mass is 313 g/mol. The van der Waals surface area contributed by atoms with Crippen LogP contribution in [-0.2, 0) is 0 Å². The van der Waals surface area contributed by atoms with Gasteiger partial charge in [-0.15, -0.1) is 0 Å². The Labute approximate surface area is 136 Å². The lowest BCUT2D eigenvalue weighted by Crippen LogP contribution is -2.41. The second kappa shape index (κ2) is 7.26. The van der Waals surface area contributed by atoms with Crippen LogP contribution >= 0.6 is 0 Å². The van der Waals surface area contributed by atoms with Crippen LogP contribution < -0.4 is 10.6 Å². The number of aromatic nitrogens is 3. The van der Waals surface area contributed by atoms with Gasteiger partial charge in [0.1, 0.15) is 12.2 Å². The molecule has 1 aromatic carbocycles.